The Morgan fingerprint density at radius 3 is 2.91 bits per heavy atom. The molecule has 4 aliphatic carbocycles. The Morgan fingerprint density at radius 2 is 2.18 bits per heavy atom. The Balaban J connectivity index is 1.52. The van der Waals surface area contributed by atoms with Crippen molar-refractivity contribution in [3.63, 3.8) is 0 Å². The molecule has 0 aromatic carbocycles. The van der Waals surface area contributed by atoms with Gasteiger partial charge in [-0.05, 0) is 43.4 Å². The van der Waals surface area contributed by atoms with Crippen molar-refractivity contribution in [2.24, 2.45) is 29.6 Å². The predicted molar refractivity (Wildman–Crippen MR) is 79.3 cm³/mol. The van der Waals surface area contributed by atoms with Gasteiger partial charge in [-0.15, -0.1) is 0 Å². The first kappa shape index (κ1) is 14.0. The molecular formula is C17H23N3O2. The molecule has 1 aliphatic heterocycles. The minimum atomic E-state index is -0.813. The van der Waals surface area contributed by atoms with E-state index in [0.29, 0.717) is 18.3 Å². The van der Waals surface area contributed by atoms with Crippen LogP contribution in [0, 0.1) is 40.9 Å². The van der Waals surface area contributed by atoms with E-state index in [1.807, 2.05) is 0 Å². The lowest BCUT2D eigenvalue weighted by Gasteiger charge is -2.53. The number of hydrogen-bond acceptors (Lipinski definition) is 3. The SMILES string of the molecule is N#C[C@]1(NC(=O)CCC2CC2)C[C@@H]2CC[C@H]1[C@H]1C(=O)NC[C@@H]21. The Kier molecular flexibility index (Phi) is 3.18. The molecule has 0 aromatic heterocycles. The van der Waals surface area contributed by atoms with Crippen LogP contribution in [0.1, 0.15) is 44.9 Å². The first-order valence-electron chi connectivity index (χ1n) is 8.63. The van der Waals surface area contributed by atoms with E-state index >= 15 is 0 Å². The van der Waals surface area contributed by atoms with Gasteiger partial charge in [-0.2, -0.15) is 5.26 Å². The van der Waals surface area contributed by atoms with Crippen LogP contribution in [0.4, 0.5) is 0 Å². The summed E-state index contributed by atoms with van der Waals surface area (Å²) in [6, 6.07) is 2.40. The Hall–Kier alpha value is -1.57. The number of carbonyl (C=O) groups excluding carboxylic acids is 2. The molecule has 0 unspecified atom stereocenters. The fraction of sp³-hybridized carbons (Fsp3) is 0.824. The monoisotopic (exact) mass is 301 g/mol. The number of fused-ring (bicyclic) bond motifs is 2. The van der Waals surface area contributed by atoms with Gasteiger partial charge in [0.1, 0.15) is 5.54 Å². The minimum Gasteiger partial charge on any atom is -0.356 e. The van der Waals surface area contributed by atoms with Crippen LogP contribution in [-0.4, -0.2) is 23.9 Å². The lowest BCUT2D eigenvalue weighted by molar-refractivity contribution is -0.134. The van der Waals surface area contributed by atoms with Gasteiger partial charge in [0.25, 0.3) is 0 Å². The van der Waals surface area contributed by atoms with Gasteiger partial charge in [-0.1, -0.05) is 12.8 Å². The second kappa shape index (κ2) is 4.97. The number of nitrogens with zero attached hydrogens (tertiary/aromatic N) is 1. The first-order chi connectivity index (χ1) is 10.6. The maximum absolute atomic E-state index is 12.3. The molecule has 4 saturated carbocycles. The fourth-order valence-electron chi connectivity index (χ4n) is 5.11. The van der Waals surface area contributed by atoms with Crippen LogP contribution in [0.25, 0.3) is 0 Å². The van der Waals surface area contributed by atoms with Gasteiger partial charge in [-0.25, -0.2) is 0 Å². The number of nitriles is 1. The molecule has 22 heavy (non-hydrogen) atoms. The molecule has 0 radical (unpaired) electrons. The number of hydrogen-bond donors (Lipinski definition) is 2. The van der Waals surface area contributed by atoms with E-state index in [1.54, 1.807) is 0 Å². The normalized spacial score (nSPS) is 42.4. The molecule has 5 fully saturated rings. The number of rotatable bonds is 4. The Bertz CT molecular complexity index is 551. The zero-order chi connectivity index (χ0) is 15.3. The highest BCUT2D eigenvalue weighted by molar-refractivity contribution is 5.83. The average molecular weight is 301 g/mol. The van der Waals surface area contributed by atoms with Crippen LogP contribution in [0.5, 0.6) is 0 Å². The lowest BCUT2D eigenvalue weighted by atomic mass is 9.52. The van der Waals surface area contributed by atoms with Crippen molar-refractivity contribution in [2.45, 2.75) is 50.5 Å². The van der Waals surface area contributed by atoms with Gasteiger partial charge < -0.3 is 10.6 Å². The molecule has 5 nitrogen and oxygen atoms in total. The van der Waals surface area contributed by atoms with E-state index in [9.17, 15) is 14.9 Å². The minimum absolute atomic E-state index is 0.00375. The molecule has 118 valence electrons. The largest absolute Gasteiger partial charge is 0.356 e. The summed E-state index contributed by atoms with van der Waals surface area (Å²) in [7, 11) is 0. The van der Waals surface area contributed by atoms with E-state index in [2.05, 4.69) is 16.7 Å². The lowest BCUT2D eigenvalue weighted by Crippen LogP contribution is -2.63. The molecule has 2 N–H and O–H groups in total. The van der Waals surface area contributed by atoms with Crippen molar-refractivity contribution < 1.29 is 9.59 Å². The highest BCUT2D eigenvalue weighted by Gasteiger charge is 2.61. The predicted octanol–water partition coefficient (Wildman–Crippen LogP) is 1.35. The van der Waals surface area contributed by atoms with E-state index in [1.165, 1.54) is 12.8 Å². The highest BCUT2D eigenvalue weighted by atomic mass is 16.2. The van der Waals surface area contributed by atoms with Gasteiger partial charge >= 0.3 is 0 Å². The van der Waals surface area contributed by atoms with Crippen molar-refractivity contribution >= 4 is 11.8 Å². The maximum atomic E-state index is 12.3. The molecule has 1 heterocycles. The third-order valence-corrected chi connectivity index (χ3v) is 6.42. The van der Waals surface area contributed by atoms with Gasteiger partial charge in [0.05, 0.1) is 6.07 Å². The van der Waals surface area contributed by atoms with Crippen molar-refractivity contribution in [3.05, 3.63) is 0 Å². The molecular weight excluding hydrogens is 278 g/mol. The summed E-state index contributed by atoms with van der Waals surface area (Å²) in [6.45, 7) is 0.752. The molecule has 5 atom stereocenters. The summed E-state index contributed by atoms with van der Waals surface area (Å²) in [4.78, 5) is 24.5. The fourth-order valence-corrected chi connectivity index (χ4v) is 5.11. The van der Waals surface area contributed by atoms with E-state index < -0.39 is 5.54 Å². The first-order valence-corrected chi connectivity index (χ1v) is 8.63. The molecule has 0 spiro atoms. The van der Waals surface area contributed by atoms with Crippen molar-refractivity contribution in [1.29, 1.82) is 5.26 Å². The molecule has 1 saturated heterocycles. The summed E-state index contributed by atoms with van der Waals surface area (Å²) in [5, 5.41) is 15.8. The molecule has 0 aromatic rings. The average Bonchev–Trinajstić information content (AvgIpc) is 3.28. The van der Waals surface area contributed by atoms with E-state index in [0.717, 1.165) is 38.1 Å². The second-order valence-electron chi connectivity index (χ2n) is 7.70. The smallest absolute Gasteiger partial charge is 0.223 e. The standard InChI is InChI=1S/C17H23N3O2/c18-9-17(20-14(21)6-3-10-1-2-10)7-11-4-5-13(17)15-12(11)8-19-16(15)22/h10-13,15H,1-8H2,(H,19,22)(H,20,21)/t11-,12-,13-,15-,17+/m0/s1. The van der Waals surface area contributed by atoms with Crippen molar-refractivity contribution in [3.8, 4) is 6.07 Å². The van der Waals surface area contributed by atoms with Crippen LogP contribution in [0.15, 0.2) is 0 Å². The number of carbonyl (C=O) groups is 2. The van der Waals surface area contributed by atoms with Crippen LogP contribution in [0.3, 0.4) is 0 Å². The van der Waals surface area contributed by atoms with E-state index in [4.69, 9.17) is 0 Å². The van der Waals surface area contributed by atoms with Gasteiger partial charge in [0, 0.05) is 24.8 Å². The molecule has 2 bridgehead atoms. The molecule has 5 rings (SSSR count). The van der Waals surface area contributed by atoms with Gasteiger partial charge in [0.15, 0.2) is 0 Å². The summed E-state index contributed by atoms with van der Waals surface area (Å²) in [5.41, 5.74) is -0.813. The third kappa shape index (κ3) is 2.12. The summed E-state index contributed by atoms with van der Waals surface area (Å²) in [6.07, 6.45) is 6.63. The van der Waals surface area contributed by atoms with Crippen LogP contribution < -0.4 is 10.6 Å². The molecule has 5 heteroatoms. The summed E-state index contributed by atoms with van der Waals surface area (Å²) >= 11 is 0. The molecule has 2 amide bonds. The second-order valence-corrected chi connectivity index (χ2v) is 7.70. The van der Waals surface area contributed by atoms with Crippen molar-refractivity contribution in [2.75, 3.05) is 6.54 Å². The van der Waals surface area contributed by atoms with Gasteiger partial charge in [-0.3, -0.25) is 9.59 Å². The van der Waals surface area contributed by atoms with Crippen LogP contribution in [-0.2, 0) is 9.59 Å². The number of amides is 2. The van der Waals surface area contributed by atoms with Crippen molar-refractivity contribution in [1.82, 2.24) is 10.6 Å². The quantitative estimate of drug-likeness (QED) is 0.822. The highest BCUT2D eigenvalue weighted by Crippen LogP contribution is 2.54. The third-order valence-electron chi connectivity index (χ3n) is 6.42. The van der Waals surface area contributed by atoms with Gasteiger partial charge in [0.2, 0.25) is 11.8 Å². The maximum Gasteiger partial charge on any atom is 0.223 e. The van der Waals surface area contributed by atoms with Crippen LogP contribution >= 0.6 is 0 Å². The zero-order valence-electron chi connectivity index (χ0n) is 12.8. The van der Waals surface area contributed by atoms with Crippen LogP contribution in [0.2, 0.25) is 0 Å². The summed E-state index contributed by atoms with van der Waals surface area (Å²) in [5.74, 6) is 1.47. The molecule has 5 aliphatic rings. The van der Waals surface area contributed by atoms with E-state index in [-0.39, 0.29) is 23.7 Å². The number of nitrogens with one attached hydrogen (secondary N) is 2. The topological polar surface area (TPSA) is 82.0 Å². The zero-order valence-corrected chi connectivity index (χ0v) is 12.8. The Morgan fingerprint density at radius 1 is 1.36 bits per heavy atom. The Labute approximate surface area is 130 Å². The summed E-state index contributed by atoms with van der Waals surface area (Å²) < 4.78 is 0.